The number of carbonyl (C=O) groups excluding carboxylic acids is 1. The number of carbonyl (C=O) groups is 1. The number of halogens is 5. The van der Waals surface area contributed by atoms with Crippen molar-refractivity contribution in [2.75, 3.05) is 5.75 Å². The molecule has 1 aromatic heterocycles. The van der Waals surface area contributed by atoms with Crippen LogP contribution in [0.2, 0.25) is 10.0 Å². The highest BCUT2D eigenvalue weighted by Gasteiger charge is 2.60. The van der Waals surface area contributed by atoms with Crippen molar-refractivity contribution in [3.63, 3.8) is 0 Å². The molecule has 2 N–H and O–H groups in total. The fraction of sp³-hybridized carbons (Fsp3) is 0.500. The first-order valence-corrected chi connectivity index (χ1v) is 12.0. The van der Waals surface area contributed by atoms with E-state index in [-0.39, 0.29) is 50.1 Å². The SMILES string of the molecule is O=C(CSc1nnc(C2=NNC(c3cc(Cl)cc(Cl)c3)(C(F)(F)F)C2)o1)NC1CCCCC1. The Labute approximate surface area is 201 Å². The van der Waals surface area contributed by atoms with Crippen LogP contribution in [0.15, 0.2) is 32.9 Å². The smallest absolute Gasteiger partial charge is 0.410 e. The maximum Gasteiger partial charge on any atom is 0.417 e. The Morgan fingerprint density at radius 2 is 1.88 bits per heavy atom. The number of hydrogen-bond donors (Lipinski definition) is 2. The van der Waals surface area contributed by atoms with Gasteiger partial charge in [0.2, 0.25) is 5.91 Å². The molecule has 13 heteroatoms. The molecule has 178 valence electrons. The van der Waals surface area contributed by atoms with Gasteiger partial charge in [-0.15, -0.1) is 10.2 Å². The lowest BCUT2D eigenvalue weighted by atomic mass is 9.85. The largest absolute Gasteiger partial charge is 0.417 e. The van der Waals surface area contributed by atoms with Gasteiger partial charge in [-0.3, -0.25) is 10.2 Å². The number of nitrogens with zero attached hydrogens (tertiary/aromatic N) is 3. The lowest BCUT2D eigenvalue weighted by Crippen LogP contribution is -2.49. The van der Waals surface area contributed by atoms with Crippen LogP contribution in [0.25, 0.3) is 0 Å². The summed E-state index contributed by atoms with van der Waals surface area (Å²) >= 11 is 12.9. The summed E-state index contributed by atoms with van der Waals surface area (Å²) in [6.07, 6.45) is -0.00308. The summed E-state index contributed by atoms with van der Waals surface area (Å²) in [4.78, 5) is 12.2. The van der Waals surface area contributed by atoms with E-state index in [1.54, 1.807) is 0 Å². The van der Waals surface area contributed by atoms with Gasteiger partial charge in [0.25, 0.3) is 11.1 Å². The first-order chi connectivity index (χ1) is 15.7. The number of hydrogen-bond acceptors (Lipinski definition) is 7. The summed E-state index contributed by atoms with van der Waals surface area (Å²) in [7, 11) is 0. The molecule has 4 rings (SSSR count). The molecule has 0 radical (unpaired) electrons. The fourth-order valence-corrected chi connectivity index (χ4v) is 5.04. The Morgan fingerprint density at radius 3 is 2.55 bits per heavy atom. The molecule has 0 bridgehead atoms. The Balaban J connectivity index is 1.42. The molecule has 1 saturated carbocycles. The monoisotopic (exact) mass is 521 g/mol. The van der Waals surface area contributed by atoms with Gasteiger partial charge in [-0.2, -0.15) is 18.3 Å². The number of hydrazone groups is 1. The number of thioether (sulfide) groups is 1. The van der Waals surface area contributed by atoms with Crippen molar-refractivity contribution in [2.45, 2.75) is 61.5 Å². The second-order valence-electron chi connectivity index (χ2n) is 7.97. The van der Waals surface area contributed by atoms with Crippen LogP contribution in [0.5, 0.6) is 0 Å². The molecule has 1 amide bonds. The molecule has 2 aromatic rings. The quantitative estimate of drug-likeness (QED) is 0.515. The first-order valence-electron chi connectivity index (χ1n) is 10.3. The van der Waals surface area contributed by atoms with E-state index in [1.165, 1.54) is 24.6 Å². The third kappa shape index (κ3) is 5.41. The average molecular weight is 522 g/mol. The van der Waals surface area contributed by atoms with E-state index in [1.807, 2.05) is 0 Å². The molecule has 7 nitrogen and oxygen atoms in total. The topological polar surface area (TPSA) is 92.4 Å². The van der Waals surface area contributed by atoms with E-state index in [0.717, 1.165) is 37.4 Å². The van der Waals surface area contributed by atoms with Gasteiger partial charge in [0.1, 0.15) is 5.71 Å². The zero-order chi connectivity index (χ0) is 23.6. The second-order valence-corrected chi connectivity index (χ2v) is 9.77. The number of amides is 1. The summed E-state index contributed by atoms with van der Waals surface area (Å²) in [5.74, 6) is -0.242. The molecule has 1 unspecified atom stereocenters. The first kappa shape index (κ1) is 24.2. The molecule has 0 spiro atoms. The van der Waals surface area contributed by atoms with Gasteiger partial charge < -0.3 is 9.73 Å². The van der Waals surface area contributed by atoms with Crippen LogP contribution in [0.1, 0.15) is 50.0 Å². The highest BCUT2D eigenvalue weighted by Crippen LogP contribution is 2.46. The lowest BCUT2D eigenvalue weighted by Gasteiger charge is -2.31. The number of aromatic nitrogens is 2. The van der Waals surface area contributed by atoms with Crippen molar-refractivity contribution in [1.29, 1.82) is 0 Å². The molecule has 2 aliphatic rings. The fourth-order valence-electron chi connectivity index (χ4n) is 3.94. The second kappa shape index (κ2) is 9.71. The van der Waals surface area contributed by atoms with Crippen LogP contribution >= 0.6 is 35.0 Å². The van der Waals surface area contributed by atoms with Gasteiger partial charge in [0.05, 0.1) is 5.75 Å². The van der Waals surface area contributed by atoms with Crippen molar-refractivity contribution in [1.82, 2.24) is 20.9 Å². The third-order valence-corrected chi connectivity index (χ3v) is 6.86. The maximum atomic E-state index is 14.1. The van der Waals surface area contributed by atoms with E-state index in [0.29, 0.717) is 0 Å². The zero-order valence-corrected chi connectivity index (χ0v) is 19.5. The van der Waals surface area contributed by atoms with Crippen molar-refractivity contribution >= 4 is 46.6 Å². The molecule has 1 aliphatic carbocycles. The number of benzene rings is 1. The van der Waals surface area contributed by atoms with Gasteiger partial charge in [-0.05, 0) is 36.6 Å². The minimum atomic E-state index is -4.72. The summed E-state index contributed by atoms with van der Waals surface area (Å²) < 4.78 is 47.8. The van der Waals surface area contributed by atoms with E-state index in [9.17, 15) is 18.0 Å². The van der Waals surface area contributed by atoms with Gasteiger partial charge in [-0.1, -0.05) is 54.2 Å². The van der Waals surface area contributed by atoms with Crippen molar-refractivity contribution < 1.29 is 22.4 Å². The van der Waals surface area contributed by atoms with Crippen molar-refractivity contribution in [3.8, 4) is 0 Å². The van der Waals surface area contributed by atoms with Crippen LogP contribution < -0.4 is 10.7 Å². The molecule has 1 aromatic carbocycles. The molecule has 1 aliphatic heterocycles. The summed E-state index contributed by atoms with van der Waals surface area (Å²) in [5.41, 5.74) is -0.603. The predicted octanol–water partition coefficient (Wildman–Crippen LogP) is 5.07. The standard InChI is InChI=1S/C20H20Cl2F3N5O2S/c21-12-6-11(7-13(22)8-12)19(20(23,24)25)9-15(27-30-19)17-28-29-18(32-17)33-10-16(31)26-14-4-2-1-3-5-14/h6-8,14,30H,1-5,9-10H2,(H,26,31). The third-order valence-electron chi connectivity index (χ3n) is 5.60. The Kier molecular flexibility index (Phi) is 7.11. The predicted molar refractivity (Wildman–Crippen MR) is 119 cm³/mol. The van der Waals surface area contributed by atoms with Crippen LogP contribution in [0.4, 0.5) is 13.2 Å². The summed E-state index contributed by atoms with van der Waals surface area (Å²) in [6, 6.07) is 3.90. The van der Waals surface area contributed by atoms with Gasteiger partial charge >= 0.3 is 6.18 Å². The van der Waals surface area contributed by atoms with E-state index in [2.05, 4.69) is 26.0 Å². The van der Waals surface area contributed by atoms with E-state index < -0.39 is 18.1 Å². The minimum Gasteiger partial charge on any atom is -0.410 e. The highest BCUT2D eigenvalue weighted by molar-refractivity contribution is 7.99. The average Bonchev–Trinajstić information content (AvgIpc) is 3.40. The molecule has 2 heterocycles. The Bertz CT molecular complexity index is 1040. The number of rotatable bonds is 6. The van der Waals surface area contributed by atoms with Crippen molar-refractivity contribution in [3.05, 3.63) is 39.7 Å². The Hall–Kier alpha value is -1.98. The summed E-state index contributed by atoms with van der Waals surface area (Å²) in [5, 5.41) is 14.6. The number of nitrogens with one attached hydrogen (secondary N) is 2. The van der Waals surface area contributed by atoms with Gasteiger partial charge in [0, 0.05) is 22.5 Å². The number of alkyl halides is 3. The van der Waals surface area contributed by atoms with Crippen molar-refractivity contribution in [2.24, 2.45) is 5.10 Å². The van der Waals surface area contributed by atoms with Crippen LogP contribution in [-0.2, 0) is 10.3 Å². The van der Waals surface area contributed by atoms with Crippen LogP contribution in [-0.4, -0.2) is 39.8 Å². The van der Waals surface area contributed by atoms with Crippen LogP contribution in [0.3, 0.4) is 0 Å². The maximum absolute atomic E-state index is 14.1. The summed E-state index contributed by atoms with van der Waals surface area (Å²) in [6.45, 7) is 0. The lowest BCUT2D eigenvalue weighted by molar-refractivity contribution is -0.196. The Morgan fingerprint density at radius 1 is 1.18 bits per heavy atom. The highest BCUT2D eigenvalue weighted by atomic mass is 35.5. The van der Waals surface area contributed by atoms with Crippen LogP contribution in [0, 0.1) is 0 Å². The zero-order valence-electron chi connectivity index (χ0n) is 17.2. The molecule has 33 heavy (non-hydrogen) atoms. The molecule has 1 fully saturated rings. The molecule has 0 saturated heterocycles. The van der Waals surface area contributed by atoms with Gasteiger partial charge in [-0.25, -0.2) is 0 Å². The van der Waals surface area contributed by atoms with E-state index in [4.69, 9.17) is 27.6 Å². The molecular formula is C20H20Cl2F3N5O2S. The minimum absolute atomic E-state index is 0.0607. The molecule has 1 atom stereocenters. The van der Waals surface area contributed by atoms with E-state index >= 15 is 0 Å². The van der Waals surface area contributed by atoms with Gasteiger partial charge in [0.15, 0.2) is 5.54 Å². The molecular weight excluding hydrogens is 502 g/mol. The normalized spacial score (nSPS) is 21.5.